The molecule has 0 saturated carbocycles. The monoisotopic (exact) mass is 394 g/mol. The molecule has 0 N–H and O–H groups in total. The van der Waals surface area contributed by atoms with Gasteiger partial charge in [0.25, 0.3) is 0 Å². The third-order valence-corrected chi connectivity index (χ3v) is 6.25. The Morgan fingerprint density at radius 3 is 2.46 bits per heavy atom. The Balaban J connectivity index is 1.68. The number of hydrogen-bond donors (Lipinski definition) is 0. The zero-order chi connectivity index (χ0) is 19.9. The second-order valence-electron chi connectivity index (χ2n) is 7.53. The average Bonchev–Trinajstić information content (AvgIpc) is 3.20. The lowest BCUT2D eigenvalue weighted by Crippen LogP contribution is -2.31. The first-order valence-corrected chi connectivity index (χ1v) is 9.97. The number of ketones is 1. The molecule has 0 amide bonds. The molecule has 0 spiro atoms. The summed E-state index contributed by atoms with van der Waals surface area (Å²) in [7, 11) is 3.27. The minimum Gasteiger partial charge on any atom is -0.497 e. The molecule has 1 aliphatic carbocycles. The van der Waals surface area contributed by atoms with E-state index in [1.807, 2.05) is 50.4 Å². The van der Waals surface area contributed by atoms with Gasteiger partial charge in [0.2, 0.25) is 0 Å². The lowest BCUT2D eigenvalue weighted by molar-refractivity contribution is 0.0809. The van der Waals surface area contributed by atoms with Gasteiger partial charge in [-0.3, -0.25) is 4.79 Å². The van der Waals surface area contributed by atoms with Crippen LogP contribution in [0.4, 0.5) is 0 Å². The molecule has 1 aromatic carbocycles. The number of carbonyl (C=O) groups excluding carboxylic acids is 1. The van der Waals surface area contributed by atoms with Gasteiger partial charge < -0.3 is 9.47 Å². The van der Waals surface area contributed by atoms with Crippen molar-refractivity contribution in [3.05, 3.63) is 47.8 Å². The van der Waals surface area contributed by atoms with Crippen molar-refractivity contribution in [3.8, 4) is 32.6 Å². The molecular formula is C22H22N2O3S. The van der Waals surface area contributed by atoms with Gasteiger partial charge in [-0.2, -0.15) is 0 Å². The first kappa shape index (κ1) is 18.6. The van der Waals surface area contributed by atoms with E-state index in [9.17, 15) is 4.79 Å². The Bertz CT molecular complexity index is 1030. The van der Waals surface area contributed by atoms with Crippen LogP contribution in [0.2, 0.25) is 0 Å². The standard InChI is InChI=1S/C22H22N2O3S/c1-22(2)8-7-17-16(20(22)25)5-6-18(24-17)21-23-12-19(28-21)13-9-14(26-3)11-15(10-13)27-4/h5-6,9-12H,7-8H2,1-4H3. The molecule has 5 nitrogen and oxygen atoms in total. The van der Waals surface area contributed by atoms with Crippen LogP contribution in [-0.4, -0.2) is 30.0 Å². The number of aryl methyl sites for hydroxylation is 1. The highest BCUT2D eigenvalue weighted by molar-refractivity contribution is 7.18. The molecule has 144 valence electrons. The highest BCUT2D eigenvalue weighted by Gasteiger charge is 2.35. The molecule has 0 unspecified atom stereocenters. The van der Waals surface area contributed by atoms with Gasteiger partial charge in [0, 0.05) is 28.8 Å². The zero-order valence-corrected chi connectivity index (χ0v) is 17.2. The van der Waals surface area contributed by atoms with Crippen molar-refractivity contribution < 1.29 is 14.3 Å². The van der Waals surface area contributed by atoms with Crippen LogP contribution in [-0.2, 0) is 6.42 Å². The van der Waals surface area contributed by atoms with E-state index in [0.717, 1.165) is 56.7 Å². The van der Waals surface area contributed by atoms with E-state index in [1.165, 1.54) is 0 Å². The second kappa shape index (κ2) is 7.02. The van der Waals surface area contributed by atoms with Gasteiger partial charge in [-0.05, 0) is 37.1 Å². The molecule has 28 heavy (non-hydrogen) atoms. The Kier molecular flexibility index (Phi) is 4.67. The number of methoxy groups -OCH3 is 2. The van der Waals surface area contributed by atoms with Gasteiger partial charge in [0.15, 0.2) is 5.78 Å². The lowest BCUT2D eigenvalue weighted by Gasteiger charge is -2.28. The molecule has 1 aliphatic rings. The van der Waals surface area contributed by atoms with Crippen LogP contribution < -0.4 is 9.47 Å². The minimum atomic E-state index is -0.310. The number of aromatic nitrogens is 2. The highest BCUT2D eigenvalue weighted by atomic mass is 32.1. The van der Waals surface area contributed by atoms with Crippen LogP contribution >= 0.6 is 11.3 Å². The molecule has 0 bridgehead atoms. The minimum absolute atomic E-state index is 0.177. The number of fused-ring (bicyclic) bond motifs is 1. The summed E-state index contributed by atoms with van der Waals surface area (Å²) in [5.41, 5.74) is 3.10. The summed E-state index contributed by atoms with van der Waals surface area (Å²) in [5, 5.41) is 0.830. The molecule has 0 aliphatic heterocycles. The first-order chi connectivity index (χ1) is 13.4. The van der Waals surface area contributed by atoms with Crippen molar-refractivity contribution in [2.24, 2.45) is 5.41 Å². The number of pyridine rings is 1. The maximum absolute atomic E-state index is 12.6. The average molecular weight is 394 g/mol. The summed E-state index contributed by atoms with van der Waals surface area (Å²) in [5.74, 6) is 1.64. The van der Waals surface area contributed by atoms with Crippen LogP contribution in [0.5, 0.6) is 11.5 Å². The van der Waals surface area contributed by atoms with Crippen LogP contribution in [0.3, 0.4) is 0 Å². The van der Waals surface area contributed by atoms with E-state index >= 15 is 0 Å². The predicted molar refractivity (Wildman–Crippen MR) is 110 cm³/mol. The van der Waals surface area contributed by atoms with Gasteiger partial charge in [0.1, 0.15) is 16.5 Å². The first-order valence-electron chi connectivity index (χ1n) is 9.15. The summed E-state index contributed by atoms with van der Waals surface area (Å²) in [6.45, 7) is 4.00. The summed E-state index contributed by atoms with van der Waals surface area (Å²) < 4.78 is 10.7. The number of rotatable bonds is 4. The number of thiazole rings is 1. The Morgan fingerprint density at radius 2 is 1.79 bits per heavy atom. The molecule has 0 fully saturated rings. The Morgan fingerprint density at radius 1 is 1.07 bits per heavy atom. The van der Waals surface area contributed by atoms with E-state index in [1.54, 1.807) is 25.6 Å². The van der Waals surface area contributed by atoms with Gasteiger partial charge in [-0.25, -0.2) is 9.97 Å². The van der Waals surface area contributed by atoms with Crippen molar-refractivity contribution >= 4 is 17.1 Å². The van der Waals surface area contributed by atoms with E-state index in [2.05, 4.69) is 4.98 Å². The normalized spacial score (nSPS) is 15.2. The molecule has 6 heteroatoms. The van der Waals surface area contributed by atoms with Crippen LogP contribution in [0.1, 0.15) is 36.3 Å². The van der Waals surface area contributed by atoms with Crippen LogP contribution in [0.25, 0.3) is 21.1 Å². The lowest BCUT2D eigenvalue weighted by atomic mass is 9.75. The summed E-state index contributed by atoms with van der Waals surface area (Å²) in [6.07, 6.45) is 3.47. The topological polar surface area (TPSA) is 61.3 Å². The second-order valence-corrected chi connectivity index (χ2v) is 8.57. The molecule has 3 aromatic rings. The fourth-order valence-corrected chi connectivity index (χ4v) is 4.28. The Hall–Kier alpha value is -2.73. The third kappa shape index (κ3) is 3.29. The van der Waals surface area contributed by atoms with Gasteiger partial charge >= 0.3 is 0 Å². The number of ether oxygens (including phenoxy) is 2. The van der Waals surface area contributed by atoms with Crippen molar-refractivity contribution in [2.75, 3.05) is 14.2 Å². The van der Waals surface area contributed by atoms with Crippen LogP contribution in [0.15, 0.2) is 36.5 Å². The fraction of sp³-hybridized carbons (Fsp3) is 0.318. The predicted octanol–water partition coefficient (Wildman–Crippen LogP) is 5.04. The van der Waals surface area contributed by atoms with Gasteiger partial charge in [0.05, 0.1) is 30.5 Å². The maximum atomic E-state index is 12.6. The van der Waals surface area contributed by atoms with Crippen LogP contribution in [0, 0.1) is 5.41 Å². The number of benzene rings is 1. The number of Topliss-reactive ketones (excluding diaryl/α,β-unsaturated/α-hetero) is 1. The molecular weight excluding hydrogens is 372 g/mol. The quantitative estimate of drug-likeness (QED) is 0.620. The molecule has 0 saturated heterocycles. The fourth-order valence-electron chi connectivity index (χ4n) is 3.40. The largest absolute Gasteiger partial charge is 0.497 e. The van der Waals surface area contributed by atoms with Gasteiger partial charge in [-0.1, -0.05) is 13.8 Å². The van der Waals surface area contributed by atoms with Crippen molar-refractivity contribution in [1.29, 1.82) is 0 Å². The van der Waals surface area contributed by atoms with E-state index in [0.29, 0.717) is 0 Å². The van der Waals surface area contributed by atoms with Gasteiger partial charge in [-0.15, -0.1) is 11.3 Å². The molecule has 0 radical (unpaired) electrons. The van der Waals surface area contributed by atoms with E-state index in [4.69, 9.17) is 14.5 Å². The van der Waals surface area contributed by atoms with Crippen molar-refractivity contribution in [3.63, 3.8) is 0 Å². The zero-order valence-electron chi connectivity index (χ0n) is 16.4. The highest BCUT2D eigenvalue weighted by Crippen LogP contribution is 2.38. The summed E-state index contributed by atoms with van der Waals surface area (Å²) >= 11 is 1.56. The number of carbonyl (C=O) groups is 1. The third-order valence-electron chi connectivity index (χ3n) is 5.18. The number of nitrogens with zero attached hydrogens (tertiary/aromatic N) is 2. The number of hydrogen-bond acceptors (Lipinski definition) is 6. The van der Waals surface area contributed by atoms with E-state index in [-0.39, 0.29) is 11.2 Å². The smallest absolute Gasteiger partial charge is 0.170 e. The SMILES string of the molecule is COc1cc(OC)cc(-c2cnc(-c3ccc4c(n3)CCC(C)(C)C4=O)s2)c1. The van der Waals surface area contributed by atoms with Crippen molar-refractivity contribution in [1.82, 2.24) is 9.97 Å². The summed E-state index contributed by atoms with van der Waals surface area (Å²) in [6, 6.07) is 9.56. The molecule has 2 heterocycles. The van der Waals surface area contributed by atoms with E-state index < -0.39 is 0 Å². The molecule has 4 rings (SSSR count). The molecule has 2 aromatic heterocycles. The van der Waals surface area contributed by atoms with Crippen molar-refractivity contribution in [2.45, 2.75) is 26.7 Å². The molecule has 0 atom stereocenters. The Labute approximate surface area is 168 Å². The summed E-state index contributed by atoms with van der Waals surface area (Å²) in [4.78, 5) is 22.9. The maximum Gasteiger partial charge on any atom is 0.170 e.